The van der Waals surface area contributed by atoms with E-state index in [1.54, 1.807) is 12.1 Å². The van der Waals surface area contributed by atoms with E-state index in [1.807, 2.05) is 18.2 Å². The summed E-state index contributed by atoms with van der Waals surface area (Å²) in [5.41, 5.74) is 1.37. The zero-order valence-electron chi connectivity index (χ0n) is 14.1. The van der Waals surface area contributed by atoms with E-state index in [-0.39, 0.29) is 24.7 Å². The standard InChI is InChI=1S/C19H17NO6/c1-12(21)14-8-16-17(26-11-25-16)9-15(14)20-18(22)10-24-19(23)7-13-5-3-2-4-6-13/h2-6,8-9H,7,10-11H2,1H3,(H,20,22). The third-order valence-electron chi connectivity index (χ3n) is 3.72. The number of Topliss-reactive ketones (excluding diaryl/α,β-unsaturated/α-hetero) is 1. The number of hydrogen-bond acceptors (Lipinski definition) is 6. The molecule has 0 spiro atoms. The highest BCUT2D eigenvalue weighted by atomic mass is 16.7. The van der Waals surface area contributed by atoms with Crippen LogP contribution in [-0.2, 0) is 20.7 Å². The Morgan fingerprint density at radius 1 is 1.08 bits per heavy atom. The Morgan fingerprint density at radius 2 is 1.77 bits per heavy atom. The van der Waals surface area contributed by atoms with Gasteiger partial charge in [-0.15, -0.1) is 0 Å². The Kier molecular flexibility index (Phi) is 5.17. The van der Waals surface area contributed by atoms with Crippen LogP contribution in [0.15, 0.2) is 42.5 Å². The van der Waals surface area contributed by atoms with Crippen LogP contribution in [-0.4, -0.2) is 31.1 Å². The Balaban J connectivity index is 1.60. The molecule has 7 nitrogen and oxygen atoms in total. The van der Waals surface area contributed by atoms with Crippen LogP contribution in [0.3, 0.4) is 0 Å². The zero-order chi connectivity index (χ0) is 18.5. The van der Waals surface area contributed by atoms with Gasteiger partial charge in [0.05, 0.1) is 12.1 Å². The van der Waals surface area contributed by atoms with Gasteiger partial charge in [-0.25, -0.2) is 0 Å². The van der Waals surface area contributed by atoms with Crippen molar-refractivity contribution in [2.24, 2.45) is 0 Å². The molecule has 0 bridgehead atoms. The number of anilines is 1. The average molecular weight is 355 g/mol. The Labute approximate surface area is 149 Å². The molecular weight excluding hydrogens is 338 g/mol. The summed E-state index contributed by atoms with van der Waals surface area (Å²) in [6.45, 7) is 0.992. The number of carbonyl (C=O) groups is 3. The highest BCUT2D eigenvalue weighted by molar-refractivity contribution is 6.05. The quantitative estimate of drug-likeness (QED) is 0.632. The Morgan fingerprint density at radius 3 is 2.46 bits per heavy atom. The van der Waals surface area contributed by atoms with Crippen molar-refractivity contribution in [2.45, 2.75) is 13.3 Å². The molecule has 0 fully saturated rings. The SMILES string of the molecule is CC(=O)c1cc2c(cc1NC(=O)COC(=O)Cc1ccccc1)OCO2. The van der Waals surface area contributed by atoms with Gasteiger partial charge in [-0.3, -0.25) is 14.4 Å². The molecule has 2 aromatic rings. The molecule has 0 unspecified atom stereocenters. The highest BCUT2D eigenvalue weighted by Gasteiger charge is 2.20. The summed E-state index contributed by atoms with van der Waals surface area (Å²) in [6.07, 6.45) is 0.0802. The number of fused-ring (bicyclic) bond motifs is 1. The van der Waals surface area contributed by atoms with E-state index in [2.05, 4.69) is 5.32 Å². The van der Waals surface area contributed by atoms with Crippen molar-refractivity contribution in [1.82, 2.24) is 0 Å². The van der Waals surface area contributed by atoms with Gasteiger partial charge in [0.25, 0.3) is 5.91 Å². The van der Waals surface area contributed by atoms with Gasteiger partial charge < -0.3 is 19.5 Å². The minimum atomic E-state index is -0.548. The minimum Gasteiger partial charge on any atom is -0.455 e. The lowest BCUT2D eigenvalue weighted by molar-refractivity contribution is -0.146. The van der Waals surface area contributed by atoms with E-state index in [0.29, 0.717) is 17.1 Å². The topological polar surface area (TPSA) is 90.9 Å². The van der Waals surface area contributed by atoms with Crippen molar-refractivity contribution in [1.29, 1.82) is 0 Å². The maximum atomic E-state index is 12.1. The van der Waals surface area contributed by atoms with Gasteiger partial charge in [0.15, 0.2) is 23.9 Å². The Hall–Kier alpha value is -3.35. The molecule has 1 heterocycles. The monoisotopic (exact) mass is 355 g/mol. The summed E-state index contributed by atoms with van der Waals surface area (Å²) >= 11 is 0. The summed E-state index contributed by atoms with van der Waals surface area (Å²) in [5.74, 6) is -0.412. The molecule has 1 aliphatic rings. The summed E-state index contributed by atoms with van der Waals surface area (Å²) in [4.78, 5) is 35.7. The second-order valence-corrected chi connectivity index (χ2v) is 5.68. The van der Waals surface area contributed by atoms with Crippen LogP contribution in [0.1, 0.15) is 22.8 Å². The normalized spacial score (nSPS) is 11.7. The summed E-state index contributed by atoms with van der Waals surface area (Å²) < 4.78 is 15.5. The van der Waals surface area contributed by atoms with Crippen molar-refractivity contribution in [3.8, 4) is 11.5 Å². The molecule has 0 aliphatic carbocycles. The lowest BCUT2D eigenvalue weighted by Crippen LogP contribution is -2.22. The molecule has 26 heavy (non-hydrogen) atoms. The van der Waals surface area contributed by atoms with Crippen LogP contribution < -0.4 is 14.8 Å². The first-order valence-electron chi connectivity index (χ1n) is 7.97. The highest BCUT2D eigenvalue weighted by Crippen LogP contribution is 2.37. The van der Waals surface area contributed by atoms with E-state index in [9.17, 15) is 14.4 Å². The molecule has 0 radical (unpaired) electrons. The lowest BCUT2D eigenvalue weighted by Gasteiger charge is -2.11. The number of amides is 1. The largest absolute Gasteiger partial charge is 0.455 e. The van der Waals surface area contributed by atoms with Crippen molar-refractivity contribution in [2.75, 3.05) is 18.7 Å². The molecular formula is C19H17NO6. The lowest BCUT2D eigenvalue weighted by atomic mass is 10.1. The fraction of sp³-hybridized carbons (Fsp3) is 0.211. The number of benzene rings is 2. The second kappa shape index (κ2) is 7.69. The predicted molar refractivity (Wildman–Crippen MR) is 92.3 cm³/mol. The number of nitrogens with one attached hydrogen (secondary N) is 1. The van der Waals surface area contributed by atoms with E-state index >= 15 is 0 Å². The molecule has 1 N–H and O–H groups in total. The maximum absolute atomic E-state index is 12.1. The van der Waals surface area contributed by atoms with Crippen LogP contribution >= 0.6 is 0 Å². The number of rotatable bonds is 6. The smallest absolute Gasteiger partial charge is 0.310 e. The number of ether oxygens (including phenoxy) is 3. The number of esters is 1. The molecule has 0 saturated carbocycles. The van der Waals surface area contributed by atoms with Crippen molar-refractivity contribution < 1.29 is 28.6 Å². The van der Waals surface area contributed by atoms with Gasteiger partial charge in [0, 0.05) is 11.6 Å². The Bertz CT molecular complexity index is 847. The van der Waals surface area contributed by atoms with Crippen molar-refractivity contribution in [3.63, 3.8) is 0 Å². The molecule has 0 aromatic heterocycles. The molecule has 0 atom stereocenters. The van der Waals surface area contributed by atoms with Crippen LogP contribution in [0, 0.1) is 0 Å². The van der Waals surface area contributed by atoms with Gasteiger partial charge in [0.2, 0.25) is 6.79 Å². The van der Waals surface area contributed by atoms with Crippen LogP contribution in [0.4, 0.5) is 5.69 Å². The molecule has 0 saturated heterocycles. The first-order valence-corrected chi connectivity index (χ1v) is 7.97. The third-order valence-corrected chi connectivity index (χ3v) is 3.72. The zero-order valence-corrected chi connectivity index (χ0v) is 14.1. The molecule has 7 heteroatoms. The summed E-state index contributed by atoms with van der Waals surface area (Å²) in [7, 11) is 0. The first-order chi connectivity index (χ1) is 12.5. The van der Waals surface area contributed by atoms with Gasteiger partial charge in [-0.2, -0.15) is 0 Å². The average Bonchev–Trinajstić information content (AvgIpc) is 3.07. The van der Waals surface area contributed by atoms with Gasteiger partial charge in [0.1, 0.15) is 0 Å². The molecule has 1 amide bonds. The molecule has 2 aromatic carbocycles. The van der Waals surface area contributed by atoms with Crippen molar-refractivity contribution in [3.05, 3.63) is 53.6 Å². The minimum absolute atomic E-state index is 0.0567. The van der Waals surface area contributed by atoms with Gasteiger partial charge >= 0.3 is 5.97 Å². The number of ketones is 1. The number of carbonyl (C=O) groups excluding carboxylic acids is 3. The summed E-state index contributed by atoms with van der Waals surface area (Å²) in [5, 5.41) is 2.57. The third kappa shape index (κ3) is 4.18. The fourth-order valence-corrected chi connectivity index (χ4v) is 2.48. The first kappa shape index (κ1) is 17.5. The van der Waals surface area contributed by atoms with Crippen LogP contribution in [0.5, 0.6) is 11.5 Å². The van der Waals surface area contributed by atoms with Crippen molar-refractivity contribution >= 4 is 23.3 Å². The van der Waals surface area contributed by atoms with Gasteiger partial charge in [-0.1, -0.05) is 30.3 Å². The second-order valence-electron chi connectivity index (χ2n) is 5.68. The van der Waals surface area contributed by atoms with E-state index in [1.165, 1.54) is 19.1 Å². The summed E-state index contributed by atoms with van der Waals surface area (Å²) in [6, 6.07) is 12.1. The predicted octanol–water partition coefficient (Wildman–Crippen LogP) is 2.34. The van der Waals surface area contributed by atoms with Crippen LogP contribution in [0.25, 0.3) is 0 Å². The molecule has 1 aliphatic heterocycles. The molecule has 3 rings (SSSR count). The molecule has 134 valence electrons. The van der Waals surface area contributed by atoms with E-state index < -0.39 is 18.5 Å². The maximum Gasteiger partial charge on any atom is 0.310 e. The van der Waals surface area contributed by atoms with E-state index in [0.717, 1.165) is 5.56 Å². The van der Waals surface area contributed by atoms with Crippen LogP contribution in [0.2, 0.25) is 0 Å². The number of hydrogen-bond donors (Lipinski definition) is 1. The van der Waals surface area contributed by atoms with Gasteiger partial charge in [-0.05, 0) is 18.6 Å². The van der Waals surface area contributed by atoms with E-state index in [4.69, 9.17) is 14.2 Å². The fourth-order valence-electron chi connectivity index (χ4n) is 2.48.